The molecule has 1 atom stereocenters. The van der Waals surface area contributed by atoms with Crippen LogP contribution in [-0.2, 0) is 23.8 Å². The van der Waals surface area contributed by atoms with Gasteiger partial charge in [-0.2, -0.15) is 0 Å². The molecular formula is C49H88O5. The van der Waals surface area contributed by atoms with Gasteiger partial charge in [-0.1, -0.05) is 185 Å². The van der Waals surface area contributed by atoms with Gasteiger partial charge in [0, 0.05) is 19.4 Å². The van der Waals surface area contributed by atoms with E-state index in [1.165, 1.54) is 122 Å². The van der Waals surface area contributed by atoms with Crippen LogP contribution in [0.4, 0.5) is 0 Å². The number of unbranched alkanes of at least 4 members (excludes halogenated alkanes) is 23. The van der Waals surface area contributed by atoms with Crippen molar-refractivity contribution in [3.05, 3.63) is 48.6 Å². The molecule has 1 unspecified atom stereocenters. The summed E-state index contributed by atoms with van der Waals surface area (Å²) in [4.78, 5) is 25.1. The smallest absolute Gasteiger partial charge is 0.306 e. The molecule has 0 aliphatic heterocycles. The molecule has 0 saturated heterocycles. The number of esters is 2. The van der Waals surface area contributed by atoms with E-state index < -0.39 is 6.10 Å². The average molecular weight is 757 g/mol. The van der Waals surface area contributed by atoms with Crippen LogP contribution in [0.5, 0.6) is 0 Å². The van der Waals surface area contributed by atoms with Crippen LogP contribution in [0.25, 0.3) is 0 Å². The summed E-state index contributed by atoms with van der Waals surface area (Å²) in [6, 6.07) is 0. The largest absolute Gasteiger partial charge is 0.462 e. The Morgan fingerprint density at radius 2 is 0.833 bits per heavy atom. The third kappa shape index (κ3) is 42.6. The molecule has 0 bridgehead atoms. The lowest BCUT2D eigenvalue weighted by Gasteiger charge is -2.18. The topological polar surface area (TPSA) is 61.8 Å². The van der Waals surface area contributed by atoms with Crippen molar-refractivity contribution in [3.63, 3.8) is 0 Å². The van der Waals surface area contributed by atoms with E-state index in [2.05, 4.69) is 69.4 Å². The minimum Gasteiger partial charge on any atom is -0.462 e. The predicted octanol–water partition coefficient (Wildman–Crippen LogP) is 15.2. The molecule has 0 aromatic heterocycles. The molecule has 0 amide bonds. The summed E-state index contributed by atoms with van der Waals surface area (Å²) in [5.41, 5.74) is 0. The first-order chi connectivity index (χ1) is 26.6. The Morgan fingerprint density at radius 3 is 1.37 bits per heavy atom. The molecule has 0 N–H and O–H groups in total. The van der Waals surface area contributed by atoms with Gasteiger partial charge in [0.1, 0.15) is 6.61 Å². The van der Waals surface area contributed by atoms with Crippen molar-refractivity contribution in [1.29, 1.82) is 0 Å². The van der Waals surface area contributed by atoms with Crippen LogP contribution in [0, 0.1) is 0 Å². The molecule has 0 aliphatic carbocycles. The highest BCUT2D eigenvalue weighted by molar-refractivity contribution is 5.70. The lowest BCUT2D eigenvalue weighted by Crippen LogP contribution is -2.30. The summed E-state index contributed by atoms with van der Waals surface area (Å²) < 4.78 is 17.3. The third-order valence-electron chi connectivity index (χ3n) is 9.85. The monoisotopic (exact) mass is 757 g/mol. The van der Waals surface area contributed by atoms with E-state index in [1.807, 2.05) is 0 Å². The summed E-state index contributed by atoms with van der Waals surface area (Å²) in [5.74, 6) is -0.414. The molecule has 0 aromatic rings. The first-order valence-electron chi connectivity index (χ1n) is 23.2. The molecule has 0 aliphatic rings. The highest BCUT2D eigenvalue weighted by Gasteiger charge is 2.17. The van der Waals surface area contributed by atoms with E-state index in [0.717, 1.165) is 70.6 Å². The molecule has 0 aromatic carbocycles. The second kappa shape index (κ2) is 45.3. The lowest BCUT2D eigenvalue weighted by molar-refractivity contribution is -0.163. The Hall–Kier alpha value is -2.14. The van der Waals surface area contributed by atoms with Gasteiger partial charge in [-0.15, -0.1) is 0 Å². The number of rotatable bonds is 42. The van der Waals surface area contributed by atoms with Crippen molar-refractivity contribution in [2.24, 2.45) is 0 Å². The number of hydrogen-bond donors (Lipinski definition) is 0. The normalized spacial score (nSPS) is 12.6. The van der Waals surface area contributed by atoms with Gasteiger partial charge in [0.05, 0.1) is 6.61 Å². The minimum absolute atomic E-state index is 0.0795. The van der Waals surface area contributed by atoms with Gasteiger partial charge in [0.15, 0.2) is 6.10 Å². The van der Waals surface area contributed by atoms with Gasteiger partial charge < -0.3 is 14.2 Å². The van der Waals surface area contributed by atoms with Crippen molar-refractivity contribution in [2.45, 2.75) is 232 Å². The number of carbonyl (C=O) groups is 2. The Bertz CT molecular complexity index is 904. The second-order valence-corrected chi connectivity index (χ2v) is 15.3. The molecule has 54 heavy (non-hydrogen) atoms. The minimum atomic E-state index is -0.537. The summed E-state index contributed by atoms with van der Waals surface area (Å²) in [7, 11) is 0. The number of carbonyl (C=O) groups excluding carboxylic acids is 2. The van der Waals surface area contributed by atoms with Crippen molar-refractivity contribution >= 4 is 11.9 Å². The zero-order valence-corrected chi connectivity index (χ0v) is 36.0. The molecule has 0 heterocycles. The molecule has 314 valence electrons. The molecule has 5 heteroatoms. The van der Waals surface area contributed by atoms with Gasteiger partial charge in [0.25, 0.3) is 0 Å². The van der Waals surface area contributed by atoms with E-state index in [0.29, 0.717) is 19.4 Å². The van der Waals surface area contributed by atoms with Crippen LogP contribution in [0.15, 0.2) is 48.6 Å². The van der Waals surface area contributed by atoms with Crippen LogP contribution in [0.2, 0.25) is 0 Å². The van der Waals surface area contributed by atoms with E-state index in [1.54, 1.807) is 0 Å². The maximum absolute atomic E-state index is 12.6. The highest BCUT2D eigenvalue weighted by atomic mass is 16.6. The molecule has 0 saturated carbocycles. The van der Waals surface area contributed by atoms with Crippen LogP contribution >= 0.6 is 0 Å². The van der Waals surface area contributed by atoms with Crippen molar-refractivity contribution in [2.75, 3.05) is 19.8 Å². The molecule has 0 spiro atoms. The van der Waals surface area contributed by atoms with Gasteiger partial charge >= 0.3 is 11.9 Å². The summed E-state index contributed by atoms with van der Waals surface area (Å²) in [5, 5.41) is 0. The molecule has 0 rings (SSSR count). The number of hydrogen-bond acceptors (Lipinski definition) is 5. The standard InChI is InChI=1S/C49H88O5/c1-4-7-10-13-16-18-20-22-23-24-25-26-28-30-32-35-38-41-44-52-45-47(54-49(51)43-40-37-33-15-12-9-6-3)46-53-48(50)42-39-36-34-31-29-27-21-19-17-14-11-8-5-2/h7,10,16,18-19,21-23,47H,4-6,8-9,11-15,17,20,24-46H2,1-3H3/b10-7-,18-16-,21-19-,23-22-. The summed E-state index contributed by atoms with van der Waals surface area (Å²) >= 11 is 0. The Balaban J connectivity index is 4.15. The first kappa shape index (κ1) is 51.9. The fraction of sp³-hybridized carbons (Fsp3) is 0.796. The molecule has 0 fully saturated rings. The third-order valence-corrected chi connectivity index (χ3v) is 9.85. The van der Waals surface area contributed by atoms with E-state index in [4.69, 9.17) is 14.2 Å². The van der Waals surface area contributed by atoms with Crippen LogP contribution in [0.3, 0.4) is 0 Å². The van der Waals surface area contributed by atoms with Gasteiger partial charge in [-0.25, -0.2) is 0 Å². The Kier molecular flexibility index (Phi) is 43.5. The maximum Gasteiger partial charge on any atom is 0.306 e. The lowest BCUT2D eigenvalue weighted by atomic mass is 10.1. The average Bonchev–Trinajstić information content (AvgIpc) is 3.17. The highest BCUT2D eigenvalue weighted by Crippen LogP contribution is 2.13. The molecule has 5 nitrogen and oxygen atoms in total. The Morgan fingerprint density at radius 1 is 0.426 bits per heavy atom. The van der Waals surface area contributed by atoms with Crippen molar-refractivity contribution < 1.29 is 23.8 Å². The first-order valence-corrected chi connectivity index (χ1v) is 23.2. The molecule has 0 radical (unpaired) electrons. The zero-order valence-electron chi connectivity index (χ0n) is 36.0. The van der Waals surface area contributed by atoms with E-state index >= 15 is 0 Å². The van der Waals surface area contributed by atoms with E-state index in [9.17, 15) is 9.59 Å². The summed E-state index contributed by atoms with van der Waals surface area (Å²) in [6.45, 7) is 7.65. The van der Waals surface area contributed by atoms with Gasteiger partial charge in [-0.3, -0.25) is 9.59 Å². The van der Waals surface area contributed by atoms with Gasteiger partial charge in [-0.05, 0) is 77.0 Å². The quantitative estimate of drug-likeness (QED) is 0.0353. The fourth-order valence-electron chi connectivity index (χ4n) is 6.40. The number of ether oxygens (including phenoxy) is 3. The number of allylic oxidation sites excluding steroid dienone is 8. The maximum atomic E-state index is 12.6. The predicted molar refractivity (Wildman–Crippen MR) is 233 cm³/mol. The SMILES string of the molecule is CC/C=C\C/C=C\C/C=C\CCCCCCCCCCOCC(COC(=O)CCCCCCC/C=C\CCCCCC)OC(=O)CCCCCCCCC. The zero-order chi connectivity index (χ0) is 39.3. The summed E-state index contributed by atoms with van der Waals surface area (Å²) in [6.07, 6.45) is 54.1. The van der Waals surface area contributed by atoms with Crippen molar-refractivity contribution in [3.8, 4) is 0 Å². The molecular weight excluding hydrogens is 669 g/mol. The van der Waals surface area contributed by atoms with Crippen LogP contribution in [-0.4, -0.2) is 37.9 Å². The van der Waals surface area contributed by atoms with Crippen LogP contribution in [0.1, 0.15) is 226 Å². The van der Waals surface area contributed by atoms with Gasteiger partial charge in [0.2, 0.25) is 0 Å². The second-order valence-electron chi connectivity index (χ2n) is 15.3. The fourth-order valence-corrected chi connectivity index (χ4v) is 6.40. The van der Waals surface area contributed by atoms with E-state index in [-0.39, 0.29) is 25.2 Å². The van der Waals surface area contributed by atoms with Crippen molar-refractivity contribution in [1.82, 2.24) is 0 Å². The Labute approximate surface area is 335 Å². The van der Waals surface area contributed by atoms with Crippen LogP contribution < -0.4 is 0 Å².